The van der Waals surface area contributed by atoms with E-state index in [2.05, 4.69) is 25.7 Å². The lowest BCUT2D eigenvalue weighted by atomic mass is 10.00. The van der Waals surface area contributed by atoms with Crippen LogP contribution < -0.4 is 5.73 Å². The molecule has 0 unspecified atom stereocenters. The summed E-state index contributed by atoms with van der Waals surface area (Å²) in [6, 6.07) is 0.908. The molecule has 1 aliphatic rings. The minimum Gasteiger partial charge on any atom is -0.326 e. The van der Waals surface area contributed by atoms with Gasteiger partial charge in [0.25, 0.3) is 0 Å². The fourth-order valence-electron chi connectivity index (χ4n) is 1.78. The zero-order chi connectivity index (χ0) is 9.90. The third-order valence-electron chi connectivity index (χ3n) is 2.74. The van der Waals surface area contributed by atoms with Gasteiger partial charge in [0.1, 0.15) is 0 Å². The summed E-state index contributed by atoms with van der Waals surface area (Å²) in [6.07, 6.45) is 5.21. The number of rotatable bonds is 6. The molecule has 0 radical (unpaired) electrons. The van der Waals surface area contributed by atoms with Crippen LogP contribution in [0.1, 0.15) is 46.5 Å². The lowest BCUT2D eigenvalue weighted by Gasteiger charge is -2.23. The fourth-order valence-corrected chi connectivity index (χ4v) is 1.78. The van der Waals surface area contributed by atoms with Gasteiger partial charge in [-0.05, 0) is 52.6 Å². The van der Waals surface area contributed by atoms with Crippen molar-refractivity contribution in [1.82, 2.24) is 4.90 Å². The van der Waals surface area contributed by atoms with Crippen LogP contribution in [0, 0.1) is 0 Å². The first-order valence-electron chi connectivity index (χ1n) is 5.56. The highest BCUT2D eigenvalue weighted by Gasteiger charge is 2.27. The molecule has 1 fully saturated rings. The third-order valence-corrected chi connectivity index (χ3v) is 2.74. The second-order valence-electron chi connectivity index (χ2n) is 4.95. The largest absolute Gasteiger partial charge is 0.326 e. The van der Waals surface area contributed by atoms with Crippen LogP contribution in [0.2, 0.25) is 0 Å². The van der Waals surface area contributed by atoms with Gasteiger partial charge in [-0.15, -0.1) is 0 Å². The molecule has 0 aromatic heterocycles. The molecular formula is C11H24N2. The van der Waals surface area contributed by atoms with Gasteiger partial charge in [-0.3, -0.25) is 0 Å². The Labute approximate surface area is 82.5 Å². The number of hydrogen-bond acceptors (Lipinski definition) is 2. The third kappa shape index (κ3) is 4.63. The van der Waals surface area contributed by atoms with E-state index in [9.17, 15) is 0 Å². The van der Waals surface area contributed by atoms with Crippen LogP contribution in [0.3, 0.4) is 0 Å². The number of hydrogen-bond donors (Lipinski definition) is 1. The molecule has 2 N–H and O–H groups in total. The quantitative estimate of drug-likeness (QED) is 0.684. The Morgan fingerprint density at radius 1 is 1.38 bits per heavy atom. The van der Waals surface area contributed by atoms with Gasteiger partial charge in [0.15, 0.2) is 0 Å². The minimum absolute atomic E-state index is 0.0168. The first-order chi connectivity index (χ1) is 6.03. The number of nitrogens with zero attached hydrogens (tertiary/aromatic N) is 1. The first kappa shape index (κ1) is 11.0. The highest BCUT2D eigenvalue weighted by atomic mass is 15.2. The summed E-state index contributed by atoms with van der Waals surface area (Å²) in [4.78, 5) is 2.59. The van der Waals surface area contributed by atoms with E-state index in [0.717, 1.165) is 12.5 Å². The average molecular weight is 184 g/mol. The van der Waals surface area contributed by atoms with Crippen LogP contribution in [0.25, 0.3) is 0 Å². The lowest BCUT2D eigenvalue weighted by Crippen LogP contribution is -2.34. The summed E-state index contributed by atoms with van der Waals surface area (Å²) in [6.45, 7) is 8.92. The van der Waals surface area contributed by atoms with Crippen LogP contribution in [0.15, 0.2) is 0 Å². The van der Waals surface area contributed by atoms with Gasteiger partial charge in [0.2, 0.25) is 0 Å². The van der Waals surface area contributed by atoms with E-state index >= 15 is 0 Å². The molecule has 0 saturated heterocycles. The summed E-state index contributed by atoms with van der Waals surface area (Å²) in [7, 11) is 0. The van der Waals surface area contributed by atoms with Gasteiger partial charge in [0, 0.05) is 11.6 Å². The van der Waals surface area contributed by atoms with E-state index in [0.29, 0.717) is 0 Å². The van der Waals surface area contributed by atoms with E-state index in [1.54, 1.807) is 0 Å². The Kier molecular flexibility index (Phi) is 3.74. The topological polar surface area (TPSA) is 29.3 Å². The summed E-state index contributed by atoms with van der Waals surface area (Å²) >= 11 is 0. The van der Waals surface area contributed by atoms with Gasteiger partial charge < -0.3 is 10.6 Å². The van der Waals surface area contributed by atoms with Crippen LogP contribution in [0.5, 0.6) is 0 Å². The van der Waals surface area contributed by atoms with E-state index in [1.807, 2.05) is 0 Å². The van der Waals surface area contributed by atoms with Crippen molar-refractivity contribution in [2.45, 2.75) is 58.0 Å². The molecule has 0 aromatic carbocycles. The van der Waals surface area contributed by atoms with E-state index < -0.39 is 0 Å². The summed E-state index contributed by atoms with van der Waals surface area (Å²) in [5.74, 6) is 0. The van der Waals surface area contributed by atoms with Crippen LogP contribution >= 0.6 is 0 Å². The zero-order valence-electron chi connectivity index (χ0n) is 9.34. The Hall–Kier alpha value is -0.0800. The van der Waals surface area contributed by atoms with Crippen molar-refractivity contribution < 1.29 is 0 Å². The molecule has 0 spiro atoms. The Bertz CT molecular complexity index is 145. The predicted molar refractivity (Wildman–Crippen MR) is 57.8 cm³/mol. The van der Waals surface area contributed by atoms with Crippen LogP contribution in [0.4, 0.5) is 0 Å². The van der Waals surface area contributed by atoms with Crippen LogP contribution in [-0.4, -0.2) is 29.6 Å². The normalized spacial score (nSPS) is 18.2. The molecule has 13 heavy (non-hydrogen) atoms. The minimum atomic E-state index is 0.0168. The molecule has 78 valence electrons. The molecule has 1 aliphatic carbocycles. The maximum Gasteiger partial charge on any atom is 0.00975 e. The first-order valence-corrected chi connectivity index (χ1v) is 5.56. The Balaban J connectivity index is 2.09. The van der Waals surface area contributed by atoms with Gasteiger partial charge in [-0.1, -0.05) is 6.92 Å². The van der Waals surface area contributed by atoms with Gasteiger partial charge in [-0.25, -0.2) is 0 Å². The molecule has 0 aliphatic heterocycles. The van der Waals surface area contributed by atoms with E-state index in [-0.39, 0.29) is 5.54 Å². The van der Waals surface area contributed by atoms with Gasteiger partial charge >= 0.3 is 0 Å². The SMILES string of the molecule is CCN(CCCC(C)(C)N)C1CC1. The van der Waals surface area contributed by atoms with Gasteiger partial charge in [0.05, 0.1) is 0 Å². The highest BCUT2D eigenvalue weighted by Crippen LogP contribution is 2.26. The van der Waals surface area contributed by atoms with Crippen molar-refractivity contribution in [2.75, 3.05) is 13.1 Å². The molecule has 1 saturated carbocycles. The molecular weight excluding hydrogens is 160 g/mol. The second-order valence-corrected chi connectivity index (χ2v) is 4.95. The predicted octanol–water partition coefficient (Wildman–Crippen LogP) is 1.99. The van der Waals surface area contributed by atoms with E-state index in [4.69, 9.17) is 5.73 Å². The van der Waals surface area contributed by atoms with Crippen molar-refractivity contribution in [3.05, 3.63) is 0 Å². The molecule has 2 nitrogen and oxygen atoms in total. The summed E-state index contributed by atoms with van der Waals surface area (Å²) < 4.78 is 0. The van der Waals surface area contributed by atoms with Gasteiger partial charge in [-0.2, -0.15) is 0 Å². The molecule has 1 rings (SSSR count). The Morgan fingerprint density at radius 2 is 2.00 bits per heavy atom. The maximum absolute atomic E-state index is 5.94. The average Bonchev–Trinajstić information content (AvgIpc) is 2.78. The van der Waals surface area contributed by atoms with E-state index in [1.165, 1.54) is 32.4 Å². The standard InChI is InChI=1S/C11H24N2/c1-4-13(10-6-7-10)9-5-8-11(2,3)12/h10H,4-9,12H2,1-3H3. The van der Waals surface area contributed by atoms with Crippen molar-refractivity contribution >= 4 is 0 Å². The van der Waals surface area contributed by atoms with Crippen LogP contribution in [-0.2, 0) is 0 Å². The Morgan fingerprint density at radius 3 is 2.38 bits per heavy atom. The molecule has 0 aromatic rings. The zero-order valence-corrected chi connectivity index (χ0v) is 9.34. The highest BCUT2D eigenvalue weighted by molar-refractivity contribution is 4.84. The molecule has 0 amide bonds. The van der Waals surface area contributed by atoms with Crippen molar-refractivity contribution in [3.63, 3.8) is 0 Å². The summed E-state index contributed by atoms with van der Waals surface area (Å²) in [5.41, 5.74) is 5.95. The lowest BCUT2D eigenvalue weighted by molar-refractivity contribution is 0.262. The van der Waals surface area contributed by atoms with Crippen molar-refractivity contribution in [3.8, 4) is 0 Å². The maximum atomic E-state index is 5.94. The van der Waals surface area contributed by atoms with Crippen molar-refractivity contribution in [1.29, 1.82) is 0 Å². The monoisotopic (exact) mass is 184 g/mol. The van der Waals surface area contributed by atoms with Crippen molar-refractivity contribution in [2.24, 2.45) is 5.73 Å². The molecule has 0 bridgehead atoms. The molecule has 0 heterocycles. The molecule has 2 heteroatoms. The second kappa shape index (κ2) is 4.43. The summed E-state index contributed by atoms with van der Waals surface area (Å²) in [5, 5.41) is 0. The molecule has 0 atom stereocenters. The fraction of sp³-hybridized carbons (Fsp3) is 1.00. The smallest absolute Gasteiger partial charge is 0.00975 e. The number of nitrogens with two attached hydrogens (primary N) is 1.